The van der Waals surface area contributed by atoms with Gasteiger partial charge < -0.3 is 9.64 Å². The Labute approximate surface area is 187 Å². The van der Waals surface area contributed by atoms with Crippen LogP contribution in [0, 0.1) is 5.92 Å². The molecule has 1 fully saturated rings. The summed E-state index contributed by atoms with van der Waals surface area (Å²) in [5, 5.41) is 2.81. The second-order valence-corrected chi connectivity index (χ2v) is 9.65. The van der Waals surface area contributed by atoms with Gasteiger partial charge >= 0.3 is 0 Å². The van der Waals surface area contributed by atoms with Gasteiger partial charge in [0.15, 0.2) is 5.65 Å². The summed E-state index contributed by atoms with van der Waals surface area (Å²) in [6.07, 6.45) is 0. The highest BCUT2D eigenvalue weighted by Gasteiger charge is 2.34. The number of halogens is 2. The molecule has 3 heterocycles. The number of alkyl halides is 1. The maximum absolute atomic E-state index is 12.9. The van der Waals surface area contributed by atoms with E-state index in [1.807, 2.05) is 12.1 Å². The van der Waals surface area contributed by atoms with Crippen LogP contribution in [0.1, 0.15) is 42.3 Å². The average molecular weight is 491 g/mol. The molecule has 1 aliphatic rings. The minimum Gasteiger partial charge on any atom is -0.473 e. The van der Waals surface area contributed by atoms with Crippen LogP contribution in [0.5, 0.6) is 5.88 Å². The first kappa shape index (κ1) is 21.5. The van der Waals surface area contributed by atoms with Crippen molar-refractivity contribution in [3.05, 3.63) is 62.0 Å². The molecule has 0 atom stereocenters. The number of fused-ring (bicyclic) bond motifs is 1. The Morgan fingerprint density at radius 1 is 1.29 bits per heavy atom. The maximum atomic E-state index is 12.9. The van der Waals surface area contributed by atoms with E-state index >= 15 is 0 Å². The van der Waals surface area contributed by atoms with Crippen LogP contribution in [0.25, 0.3) is 5.65 Å². The van der Waals surface area contributed by atoms with E-state index in [4.69, 9.17) is 4.74 Å². The van der Waals surface area contributed by atoms with Crippen molar-refractivity contribution < 1.29 is 13.9 Å². The lowest BCUT2D eigenvalue weighted by Crippen LogP contribution is -2.50. The number of carbonyl (C=O) groups excluding carboxylic acids is 1. The molecule has 1 aromatic carbocycles. The molecular formula is C22H24BrFN4O3. The molecule has 9 heteroatoms. The van der Waals surface area contributed by atoms with Gasteiger partial charge in [-0.1, -0.05) is 45.0 Å². The Morgan fingerprint density at radius 2 is 1.97 bits per heavy atom. The molecule has 1 saturated heterocycles. The Bertz CT molecular complexity index is 1170. The Hall–Kier alpha value is -2.68. The summed E-state index contributed by atoms with van der Waals surface area (Å²) in [5.41, 5.74) is 2.23. The zero-order chi connectivity index (χ0) is 22.3. The summed E-state index contributed by atoms with van der Waals surface area (Å²) >= 11 is 3.30. The molecule has 0 spiro atoms. The van der Waals surface area contributed by atoms with E-state index in [2.05, 4.69) is 58.9 Å². The molecule has 1 aliphatic heterocycles. The van der Waals surface area contributed by atoms with Gasteiger partial charge in [-0.25, -0.2) is 0 Å². The summed E-state index contributed by atoms with van der Waals surface area (Å²) < 4.78 is 20.0. The van der Waals surface area contributed by atoms with Crippen molar-refractivity contribution in [2.75, 3.05) is 19.8 Å². The highest BCUT2D eigenvalue weighted by Crippen LogP contribution is 2.26. The standard InChI is InChI=1S/C22H24BrFN4O3/c1-22(2,3)15-6-4-13(5-7-15)12-31-16-8-17(29)28-20(25-16)18(19(23)26-28)21(30)27-10-14(9-24)11-27/h4-8,14,26H,9-12H2,1-3H3. The number of carbonyl (C=O) groups is 1. The molecule has 31 heavy (non-hydrogen) atoms. The van der Waals surface area contributed by atoms with Crippen LogP contribution in [0.2, 0.25) is 0 Å². The molecule has 0 saturated carbocycles. The fourth-order valence-electron chi connectivity index (χ4n) is 3.50. The summed E-state index contributed by atoms with van der Waals surface area (Å²) in [4.78, 5) is 31.3. The van der Waals surface area contributed by atoms with Gasteiger partial charge in [-0.05, 0) is 32.5 Å². The zero-order valence-corrected chi connectivity index (χ0v) is 19.2. The van der Waals surface area contributed by atoms with Gasteiger partial charge in [0.05, 0.1) is 12.7 Å². The highest BCUT2D eigenvalue weighted by atomic mass is 79.9. The molecule has 0 unspecified atom stereocenters. The molecule has 2 aromatic heterocycles. The average Bonchev–Trinajstić information content (AvgIpc) is 3.01. The summed E-state index contributed by atoms with van der Waals surface area (Å²) in [5.74, 6) is -0.306. The second-order valence-electron chi connectivity index (χ2n) is 8.86. The lowest BCUT2D eigenvalue weighted by molar-refractivity contribution is 0.0453. The zero-order valence-electron chi connectivity index (χ0n) is 17.6. The van der Waals surface area contributed by atoms with E-state index in [1.165, 1.54) is 21.0 Å². The molecular weight excluding hydrogens is 467 g/mol. The topological polar surface area (TPSA) is 79.7 Å². The number of rotatable bonds is 5. The number of H-pyrrole nitrogens is 1. The fraction of sp³-hybridized carbons (Fsp3) is 0.409. The van der Waals surface area contributed by atoms with Gasteiger partial charge in [-0.3, -0.25) is 19.1 Å². The lowest BCUT2D eigenvalue weighted by Gasteiger charge is -2.37. The van der Waals surface area contributed by atoms with E-state index in [0.717, 1.165) is 5.56 Å². The first-order chi connectivity index (χ1) is 14.7. The number of nitrogens with one attached hydrogen (secondary N) is 1. The van der Waals surface area contributed by atoms with Crippen molar-refractivity contribution in [3.8, 4) is 5.88 Å². The number of benzene rings is 1. The number of likely N-dealkylation sites (tertiary alicyclic amines) is 1. The van der Waals surface area contributed by atoms with Crippen LogP contribution in [0.15, 0.2) is 39.7 Å². The predicted octanol–water partition coefficient (Wildman–Crippen LogP) is 3.70. The van der Waals surface area contributed by atoms with Gasteiger partial charge in [0.2, 0.25) is 5.88 Å². The molecule has 4 rings (SSSR count). The van der Waals surface area contributed by atoms with E-state index < -0.39 is 12.2 Å². The number of hydrogen-bond acceptors (Lipinski definition) is 4. The van der Waals surface area contributed by atoms with Gasteiger partial charge in [0, 0.05) is 19.0 Å². The Kier molecular flexibility index (Phi) is 5.63. The van der Waals surface area contributed by atoms with E-state index in [1.54, 1.807) is 0 Å². The van der Waals surface area contributed by atoms with E-state index in [0.29, 0.717) is 17.7 Å². The van der Waals surface area contributed by atoms with Crippen molar-refractivity contribution in [2.45, 2.75) is 32.8 Å². The highest BCUT2D eigenvalue weighted by molar-refractivity contribution is 9.10. The third-order valence-electron chi connectivity index (χ3n) is 5.43. The van der Waals surface area contributed by atoms with Gasteiger partial charge in [0.1, 0.15) is 16.8 Å². The van der Waals surface area contributed by atoms with Crippen molar-refractivity contribution in [3.63, 3.8) is 0 Å². The molecule has 0 radical (unpaired) electrons. The maximum Gasteiger partial charge on any atom is 0.276 e. The first-order valence-corrected chi connectivity index (χ1v) is 10.9. The van der Waals surface area contributed by atoms with Crippen molar-refractivity contribution >= 4 is 27.5 Å². The van der Waals surface area contributed by atoms with E-state index in [9.17, 15) is 14.0 Å². The molecule has 164 valence electrons. The molecule has 7 nitrogen and oxygen atoms in total. The summed E-state index contributed by atoms with van der Waals surface area (Å²) in [6, 6.07) is 9.36. The number of aromatic nitrogens is 3. The smallest absolute Gasteiger partial charge is 0.276 e. The predicted molar refractivity (Wildman–Crippen MR) is 118 cm³/mol. The van der Waals surface area contributed by atoms with Crippen LogP contribution in [0.4, 0.5) is 4.39 Å². The number of ether oxygens (including phenoxy) is 1. The van der Waals surface area contributed by atoms with Crippen molar-refractivity contribution in [2.24, 2.45) is 5.92 Å². The van der Waals surface area contributed by atoms with Gasteiger partial charge in [-0.2, -0.15) is 9.50 Å². The number of hydrogen-bond donors (Lipinski definition) is 1. The van der Waals surface area contributed by atoms with Crippen LogP contribution in [-0.4, -0.2) is 45.2 Å². The van der Waals surface area contributed by atoms with Gasteiger partial charge in [0.25, 0.3) is 11.5 Å². The van der Waals surface area contributed by atoms with Crippen molar-refractivity contribution in [1.82, 2.24) is 19.5 Å². The van der Waals surface area contributed by atoms with Crippen molar-refractivity contribution in [1.29, 1.82) is 0 Å². The molecule has 0 aliphatic carbocycles. The largest absolute Gasteiger partial charge is 0.473 e. The van der Waals surface area contributed by atoms with E-state index in [-0.39, 0.29) is 40.9 Å². The number of aromatic amines is 1. The number of nitrogens with zero attached hydrogens (tertiary/aromatic N) is 3. The van der Waals surface area contributed by atoms with Crippen LogP contribution < -0.4 is 10.3 Å². The first-order valence-electron chi connectivity index (χ1n) is 10.1. The third-order valence-corrected chi connectivity index (χ3v) is 6.01. The molecule has 0 bridgehead atoms. The quantitative estimate of drug-likeness (QED) is 0.591. The fourth-order valence-corrected chi connectivity index (χ4v) is 4.03. The molecule has 3 aromatic rings. The Morgan fingerprint density at radius 3 is 2.58 bits per heavy atom. The minimum absolute atomic E-state index is 0.0615. The lowest BCUT2D eigenvalue weighted by atomic mass is 9.87. The monoisotopic (exact) mass is 490 g/mol. The van der Waals surface area contributed by atoms with Gasteiger partial charge in [-0.15, -0.1) is 0 Å². The van der Waals surface area contributed by atoms with Crippen LogP contribution >= 0.6 is 15.9 Å². The molecule has 1 amide bonds. The summed E-state index contributed by atoms with van der Waals surface area (Å²) in [6.45, 7) is 6.94. The second kappa shape index (κ2) is 8.11. The SMILES string of the molecule is CC(C)(C)c1ccc(COc2cc(=O)n3[nH]c(Br)c(C(=O)N4CC(CF)C4)c3n2)cc1. The third kappa shape index (κ3) is 4.23. The summed E-state index contributed by atoms with van der Waals surface area (Å²) in [7, 11) is 0. The molecule has 1 N–H and O–H groups in total. The van der Waals surface area contributed by atoms with Crippen LogP contribution in [-0.2, 0) is 12.0 Å². The minimum atomic E-state index is -0.453. The van der Waals surface area contributed by atoms with Crippen LogP contribution in [0.3, 0.4) is 0 Å². The number of amides is 1. The normalized spacial score (nSPS) is 14.7. The Balaban J connectivity index is 1.57.